The Morgan fingerprint density at radius 3 is 1.28 bits per heavy atom. The van der Waals surface area contributed by atoms with E-state index < -0.39 is 47.3 Å². The Labute approximate surface area is 129 Å². The molecule has 0 aliphatic heterocycles. The monoisotopic (exact) mass is 404 g/mol. The molecule has 0 rings (SSSR count). The molecule has 0 saturated heterocycles. The summed E-state index contributed by atoms with van der Waals surface area (Å²) >= 11 is 0. The lowest BCUT2D eigenvalue weighted by atomic mass is 9.83. The molecule has 25 heavy (non-hydrogen) atoms. The summed E-state index contributed by atoms with van der Waals surface area (Å²) < 4.78 is 169. The summed E-state index contributed by atoms with van der Waals surface area (Å²) in [5, 5.41) is 0. The van der Waals surface area contributed by atoms with E-state index in [-0.39, 0.29) is 7.11 Å². The average molecular weight is 404 g/mol. The highest BCUT2D eigenvalue weighted by Crippen LogP contribution is 2.61. The third-order valence-electron chi connectivity index (χ3n) is 2.82. The van der Waals surface area contributed by atoms with Crippen LogP contribution in [0.5, 0.6) is 0 Å². The van der Waals surface area contributed by atoms with Gasteiger partial charge in [-0.05, 0) is 0 Å². The molecule has 0 bridgehead atoms. The number of ether oxygens (including phenoxy) is 1. The average Bonchev–Trinajstić information content (AvgIpc) is 2.41. The van der Waals surface area contributed by atoms with E-state index in [0.29, 0.717) is 0 Å². The van der Waals surface area contributed by atoms with Crippen LogP contribution in [0.1, 0.15) is 0 Å². The number of carbonyl (C=O) groups is 1. The van der Waals surface area contributed by atoms with Gasteiger partial charge in [-0.25, -0.2) is 9.18 Å². The molecule has 0 fully saturated rings. The van der Waals surface area contributed by atoms with Crippen molar-refractivity contribution in [2.75, 3.05) is 7.11 Å². The van der Waals surface area contributed by atoms with E-state index in [9.17, 15) is 61.9 Å². The van der Waals surface area contributed by atoms with Gasteiger partial charge < -0.3 is 4.74 Å². The fourth-order valence-corrected chi connectivity index (χ4v) is 1.39. The Morgan fingerprint density at radius 2 is 1.04 bits per heavy atom. The first kappa shape index (κ1) is 23.3. The van der Waals surface area contributed by atoms with Crippen molar-refractivity contribution in [1.29, 1.82) is 0 Å². The van der Waals surface area contributed by atoms with Crippen molar-refractivity contribution in [2.45, 2.75) is 35.8 Å². The van der Waals surface area contributed by atoms with Gasteiger partial charge in [-0.1, -0.05) is 6.58 Å². The molecule has 0 heterocycles. The molecule has 148 valence electrons. The van der Waals surface area contributed by atoms with Crippen LogP contribution in [-0.4, -0.2) is 48.9 Å². The lowest BCUT2D eigenvalue weighted by Gasteiger charge is -2.41. The molecule has 0 saturated carbocycles. The second-order valence-corrected chi connectivity index (χ2v) is 4.35. The minimum atomic E-state index is -7.97. The zero-order valence-electron chi connectivity index (χ0n) is 11.4. The lowest BCUT2D eigenvalue weighted by molar-refractivity contribution is -0.426. The first-order valence-electron chi connectivity index (χ1n) is 5.38. The van der Waals surface area contributed by atoms with Crippen molar-refractivity contribution in [1.82, 2.24) is 0 Å². The highest BCUT2D eigenvalue weighted by atomic mass is 19.4. The summed E-state index contributed by atoms with van der Waals surface area (Å²) in [7, 11) is 0.144. The Kier molecular flexibility index (Phi) is 5.53. The Hall–Kier alpha value is -1.70. The van der Waals surface area contributed by atoms with Crippen LogP contribution in [-0.2, 0) is 9.53 Å². The summed E-state index contributed by atoms with van der Waals surface area (Å²) in [5.74, 6) is -26.3. The maximum Gasteiger partial charge on any atom is 0.460 e. The van der Waals surface area contributed by atoms with Gasteiger partial charge in [-0.2, -0.15) is 52.7 Å². The fraction of sp³-hybridized carbons (Fsp3) is 0.700. The molecular weight excluding hydrogens is 399 g/mol. The summed E-state index contributed by atoms with van der Waals surface area (Å²) in [5.41, 5.74) is -10.2. The predicted molar refractivity (Wildman–Crippen MR) is 51.9 cm³/mol. The zero-order valence-corrected chi connectivity index (χ0v) is 11.4. The summed E-state index contributed by atoms with van der Waals surface area (Å²) in [6.07, 6.45) is -14.7. The van der Waals surface area contributed by atoms with Crippen molar-refractivity contribution < 1.29 is 66.6 Å². The van der Waals surface area contributed by atoms with Gasteiger partial charge in [0.25, 0.3) is 0 Å². The SMILES string of the molecule is C=C(C(=O)OC)C(F)(C(F)(F)F)C(F)(F)C(F)(F)C(F)(F)C(F)(F)F. The van der Waals surface area contributed by atoms with Crippen molar-refractivity contribution in [2.24, 2.45) is 0 Å². The number of halogens is 13. The van der Waals surface area contributed by atoms with Gasteiger partial charge in [0.15, 0.2) is 0 Å². The third kappa shape index (κ3) is 3.01. The van der Waals surface area contributed by atoms with E-state index in [1.165, 1.54) is 0 Å². The maximum atomic E-state index is 13.9. The molecule has 1 unspecified atom stereocenters. The predicted octanol–water partition coefficient (Wildman–Crippen LogP) is 4.45. The van der Waals surface area contributed by atoms with E-state index in [4.69, 9.17) is 0 Å². The molecule has 0 amide bonds. The molecule has 0 N–H and O–H groups in total. The Bertz CT molecular complexity index is 544. The smallest absolute Gasteiger partial charge is 0.460 e. The molecule has 15 heteroatoms. The van der Waals surface area contributed by atoms with Crippen LogP contribution >= 0.6 is 0 Å². The zero-order chi connectivity index (χ0) is 20.9. The summed E-state index contributed by atoms with van der Waals surface area (Å²) in [6.45, 7) is 1.78. The van der Waals surface area contributed by atoms with Crippen molar-refractivity contribution in [3.63, 3.8) is 0 Å². The lowest BCUT2D eigenvalue weighted by Crippen LogP contribution is -2.71. The highest BCUT2D eigenvalue weighted by molar-refractivity contribution is 5.90. The van der Waals surface area contributed by atoms with Gasteiger partial charge in [0.1, 0.15) is 0 Å². The van der Waals surface area contributed by atoms with Crippen LogP contribution in [0.4, 0.5) is 57.1 Å². The first-order chi connectivity index (χ1) is 10.6. The summed E-state index contributed by atoms with van der Waals surface area (Å²) in [4.78, 5) is 10.8. The molecular formula is C10H5F13O2. The largest absolute Gasteiger partial charge is 0.466 e. The first-order valence-corrected chi connectivity index (χ1v) is 5.38. The van der Waals surface area contributed by atoms with E-state index in [0.717, 1.165) is 0 Å². The molecule has 2 nitrogen and oxygen atoms in total. The molecule has 0 aromatic carbocycles. The van der Waals surface area contributed by atoms with Crippen LogP contribution in [0, 0.1) is 0 Å². The van der Waals surface area contributed by atoms with E-state index >= 15 is 0 Å². The second kappa shape index (κ2) is 5.93. The number of hydrogen-bond acceptors (Lipinski definition) is 2. The van der Waals surface area contributed by atoms with E-state index in [1.54, 1.807) is 6.58 Å². The molecule has 0 radical (unpaired) electrons. The standard InChI is InChI=1S/C10H5F13O2/c1-3(4(24)25-2)5(11,9(18,19)20)6(12,13)7(14,15)8(16,17)10(21,22)23/h1H2,2H3. The van der Waals surface area contributed by atoms with Crippen LogP contribution in [0.3, 0.4) is 0 Å². The van der Waals surface area contributed by atoms with Gasteiger partial charge in [-0.15, -0.1) is 0 Å². The topological polar surface area (TPSA) is 26.3 Å². The van der Waals surface area contributed by atoms with Crippen LogP contribution in [0.25, 0.3) is 0 Å². The molecule has 0 aliphatic rings. The maximum absolute atomic E-state index is 13.9. The normalized spacial score (nSPS) is 17.0. The molecule has 0 aromatic heterocycles. The highest BCUT2D eigenvalue weighted by Gasteiger charge is 2.91. The Morgan fingerprint density at radius 1 is 0.680 bits per heavy atom. The third-order valence-corrected chi connectivity index (χ3v) is 2.82. The second-order valence-electron chi connectivity index (χ2n) is 4.35. The van der Waals surface area contributed by atoms with Gasteiger partial charge in [0.2, 0.25) is 0 Å². The quantitative estimate of drug-likeness (QED) is 0.385. The van der Waals surface area contributed by atoms with Crippen molar-refractivity contribution >= 4 is 5.97 Å². The number of methoxy groups -OCH3 is 1. The number of esters is 1. The number of carbonyl (C=O) groups excluding carboxylic acids is 1. The number of rotatable bonds is 5. The molecule has 1 atom stereocenters. The van der Waals surface area contributed by atoms with Gasteiger partial charge in [0, 0.05) is 0 Å². The minimum Gasteiger partial charge on any atom is -0.466 e. The van der Waals surface area contributed by atoms with E-state index in [2.05, 4.69) is 4.74 Å². The van der Waals surface area contributed by atoms with Gasteiger partial charge in [-0.3, -0.25) is 0 Å². The molecule has 0 spiro atoms. The Balaban J connectivity index is 6.75. The number of alkyl halides is 13. The summed E-state index contributed by atoms with van der Waals surface area (Å²) in [6, 6.07) is 0. The minimum absolute atomic E-state index is 0.144. The van der Waals surface area contributed by atoms with Crippen LogP contribution in [0.2, 0.25) is 0 Å². The van der Waals surface area contributed by atoms with Gasteiger partial charge >= 0.3 is 41.8 Å². The van der Waals surface area contributed by atoms with Crippen LogP contribution < -0.4 is 0 Å². The van der Waals surface area contributed by atoms with Crippen molar-refractivity contribution in [3.05, 3.63) is 12.2 Å². The van der Waals surface area contributed by atoms with Crippen LogP contribution in [0.15, 0.2) is 12.2 Å². The van der Waals surface area contributed by atoms with E-state index in [1.807, 2.05) is 0 Å². The fourth-order valence-electron chi connectivity index (χ4n) is 1.39. The van der Waals surface area contributed by atoms with Crippen molar-refractivity contribution in [3.8, 4) is 0 Å². The van der Waals surface area contributed by atoms with Gasteiger partial charge in [0.05, 0.1) is 12.7 Å². The molecule has 0 aliphatic carbocycles. The number of hydrogen-bond donors (Lipinski definition) is 0. The molecule has 0 aromatic rings.